The molecule has 0 radical (unpaired) electrons. The van der Waals surface area contributed by atoms with Crippen LogP contribution in [0.15, 0.2) is 24.3 Å². The Morgan fingerprint density at radius 1 is 1.29 bits per heavy atom. The fourth-order valence-corrected chi connectivity index (χ4v) is 2.66. The van der Waals surface area contributed by atoms with Crippen LogP contribution in [0.5, 0.6) is 5.75 Å². The van der Waals surface area contributed by atoms with Gasteiger partial charge in [0, 0.05) is 13.0 Å². The number of carboxylic acids is 1. The number of benzene rings is 1. The molecule has 5 nitrogen and oxygen atoms in total. The van der Waals surface area contributed by atoms with Crippen molar-refractivity contribution < 1.29 is 23.8 Å². The van der Waals surface area contributed by atoms with Crippen LogP contribution >= 0.6 is 0 Å². The molecule has 21 heavy (non-hydrogen) atoms. The summed E-state index contributed by atoms with van der Waals surface area (Å²) >= 11 is 0. The Balaban J connectivity index is 1.59. The molecule has 1 atom stereocenters. The molecule has 0 spiro atoms. The van der Waals surface area contributed by atoms with Gasteiger partial charge in [-0.3, -0.25) is 9.59 Å². The first-order valence-electron chi connectivity index (χ1n) is 6.96. The van der Waals surface area contributed by atoms with Gasteiger partial charge in [0.1, 0.15) is 23.1 Å². The second kappa shape index (κ2) is 5.02. The molecule has 3 rings (SSSR count). The topological polar surface area (TPSA) is 66.8 Å². The highest BCUT2D eigenvalue weighted by Crippen LogP contribution is 2.48. The van der Waals surface area contributed by atoms with Gasteiger partial charge in [0.05, 0.1) is 6.54 Å². The summed E-state index contributed by atoms with van der Waals surface area (Å²) in [4.78, 5) is 25.0. The third-order valence-corrected chi connectivity index (χ3v) is 4.12. The Hall–Kier alpha value is -2.11. The van der Waals surface area contributed by atoms with Gasteiger partial charge in [0.2, 0.25) is 5.91 Å². The average Bonchev–Trinajstić information content (AvgIpc) is 3.15. The van der Waals surface area contributed by atoms with Gasteiger partial charge >= 0.3 is 5.97 Å². The molecular weight excluding hydrogens is 277 g/mol. The summed E-state index contributed by atoms with van der Waals surface area (Å²) < 4.78 is 18.5. The van der Waals surface area contributed by atoms with Crippen molar-refractivity contribution in [2.24, 2.45) is 5.41 Å². The van der Waals surface area contributed by atoms with E-state index in [1.807, 2.05) is 0 Å². The summed E-state index contributed by atoms with van der Waals surface area (Å²) in [5.41, 5.74) is -1.19. The van der Waals surface area contributed by atoms with E-state index in [2.05, 4.69) is 0 Å². The number of carbonyl (C=O) groups is 2. The van der Waals surface area contributed by atoms with E-state index >= 15 is 0 Å². The van der Waals surface area contributed by atoms with Crippen molar-refractivity contribution in [2.75, 3.05) is 13.1 Å². The second-order valence-electron chi connectivity index (χ2n) is 5.62. The van der Waals surface area contributed by atoms with Crippen LogP contribution in [0.1, 0.15) is 19.3 Å². The van der Waals surface area contributed by atoms with Crippen molar-refractivity contribution in [3.63, 3.8) is 0 Å². The number of rotatable bonds is 4. The number of carboxylic acid groups (broad SMARTS) is 1. The maximum atomic E-state index is 12.8. The number of carbonyl (C=O) groups excluding carboxylic acids is 1. The van der Waals surface area contributed by atoms with E-state index in [0.717, 1.165) is 0 Å². The van der Waals surface area contributed by atoms with E-state index in [1.165, 1.54) is 12.1 Å². The van der Waals surface area contributed by atoms with Crippen LogP contribution in [0.3, 0.4) is 0 Å². The second-order valence-corrected chi connectivity index (χ2v) is 5.62. The molecule has 2 fully saturated rings. The fourth-order valence-electron chi connectivity index (χ4n) is 2.66. The Kier molecular flexibility index (Phi) is 3.31. The predicted octanol–water partition coefficient (Wildman–Crippen LogP) is 1.67. The van der Waals surface area contributed by atoms with E-state index in [0.29, 0.717) is 38.1 Å². The van der Waals surface area contributed by atoms with Crippen molar-refractivity contribution in [2.45, 2.75) is 25.4 Å². The summed E-state index contributed by atoms with van der Waals surface area (Å²) in [6.45, 7) is 0.880. The minimum absolute atomic E-state index is 0.177. The van der Waals surface area contributed by atoms with E-state index in [9.17, 15) is 14.0 Å². The molecule has 1 amide bonds. The number of hydrogen-bond donors (Lipinski definition) is 1. The lowest BCUT2D eigenvalue weighted by Gasteiger charge is -2.20. The van der Waals surface area contributed by atoms with Gasteiger partial charge in [-0.2, -0.15) is 0 Å². The smallest absolute Gasteiger partial charge is 0.319 e. The first kappa shape index (κ1) is 13.9. The van der Waals surface area contributed by atoms with E-state index in [-0.39, 0.29) is 17.8 Å². The van der Waals surface area contributed by atoms with Gasteiger partial charge in [0.15, 0.2) is 0 Å². The highest BCUT2D eigenvalue weighted by atomic mass is 19.1. The zero-order valence-corrected chi connectivity index (χ0v) is 11.4. The van der Waals surface area contributed by atoms with Gasteiger partial charge in [-0.1, -0.05) is 0 Å². The fraction of sp³-hybridized carbons (Fsp3) is 0.467. The zero-order chi connectivity index (χ0) is 15.0. The molecule has 1 saturated carbocycles. The molecule has 112 valence electrons. The van der Waals surface area contributed by atoms with Crippen molar-refractivity contribution in [1.29, 1.82) is 0 Å². The minimum atomic E-state index is -1.19. The first-order chi connectivity index (χ1) is 10.0. The van der Waals surface area contributed by atoms with Gasteiger partial charge in [-0.05, 0) is 37.1 Å². The lowest BCUT2D eigenvalue weighted by Crippen LogP contribution is -2.40. The minimum Gasteiger partial charge on any atom is -0.489 e. The van der Waals surface area contributed by atoms with E-state index in [1.54, 1.807) is 17.0 Å². The molecule has 1 heterocycles. The molecule has 0 bridgehead atoms. The molecule has 2 aliphatic rings. The van der Waals surface area contributed by atoms with Gasteiger partial charge in [-0.15, -0.1) is 0 Å². The van der Waals surface area contributed by atoms with Crippen LogP contribution in [-0.4, -0.2) is 41.1 Å². The number of aliphatic carboxylic acids is 1. The summed E-state index contributed by atoms with van der Waals surface area (Å²) in [5.74, 6) is -1.12. The summed E-state index contributed by atoms with van der Waals surface area (Å²) in [6, 6.07) is 5.71. The van der Waals surface area contributed by atoms with Crippen LogP contribution < -0.4 is 4.74 Å². The van der Waals surface area contributed by atoms with Crippen LogP contribution in [0.2, 0.25) is 0 Å². The molecule has 1 N–H and O–H groups in total. The van der Waals surface area contributed by atoms with Crippen LogP contribution in [-0.2, 0) is 9.59 Å². The summed E-state index contributed by atoms with van der Waals surface area (Å²) in [6.07, 6.45) is 1.31. The number of nitrogens with zero attached hydrogens (tertiary/aromatic N) is 1. The maximum Gasteiger partial charge on any atom is 0.319 e. The van der Waals surface area contributed by atoms with E-state index < -0.39 is 11.4 Å². The highest BCUT2D eigenvalue weighted by Gasteiger charge is 2.59. The molecule has 1 aliphatic heterocycles. The molecule has 0 aromatic heterocycles. The third kappa shape index (κ3) is 2.57. The lowest BCUT2D eigenvalue weighted by molar-refractivity contribution is -0.153. The molecular formula is C15H16FNO4. The van der Waals surface area contributed by atoms with Crippen LogP contribution in [0.25, 0.3) is 0 Å². The molecule has 1 aliphatic carbocycles. The third-order valence-electron chi connectivity index (χ3n) is 4.12. The normalized spacial score (nSPS) is 22.9. The predicted molar refractivity (Wildman–Crippen MR) is 71.3 cm³/mol. The summed E-state index contributed by atoms with van der Waals surface area (Å²) in [5, 5.41) is 9.15. The Morgan fingerprint density at radius 3 is 2.52 bits per heavy atom. The van der Waals surface area contributed by atoms with Crippen molar-refractivity contribution in [1.82, 2.24) is 4.90 Å². The first-order valence-corrected chi connectivity index (χ1v) is 6.96. The van der Waals surface area contributed by atoms with Crippen molar-refractivity contribution >= 4 is 11.9 Å². The Bertz CT molecular complexity index is 568. The van der Waals surface area contributed by atoms with Gasteiger partial charge in [0.25, 0.3) is 0 Å². The van der Waals surface area contributed by atoms with E-state index in [4.69, 9.17) is 9.84 Å². The highest BCUT2D eigenvalue weighted by molar-refractivity contribution is 6.04. The molecule has 6 heteroatoms. The van der Waals surface area contributed by atoms with Gasteiger partial charge in [-0.25, -0.2) is 4.39 Å². The van der Waals surface area contributed by atoms with Crippen LogP contribution in [0.4, 0.5) is 4.39 Å². The number of halogens is 1. The lowest BCUT2D eigenvalue weighted by atomic mass is 10.1. The Morgan fingerprint density at radius 2 is 1.95 bits per heavy atom. The Labute approximate surface area is 121 Å². The SMILES string of the molecule is O=C(O)C1(C(=O)N2CCC(Oc3ccc(F)cc3)C2)CC1. The summed E-state index contributed by atoms with van der Waals surface area (Å²) in [7, 11) is 0. The number of likely N-dealkylation sites (tertiary alicyclic amines) is 1. The quantitative estimate of drug-likeness (QED) is 0.858. The van der Waals surface area contributed by atoms with Crippen molar-refractivity contribution in [3.05, 3.63) is 30.1 Å². The molecule has 1 aromatic rings. The number of hydrogen-bond acceptors (Lipinski definition) is 3. The molecule has 1 unspecified atom stereocenters. The largest absolute Gasteiger partial charge is 0.489 e. The molecule has 1 aromatic carbocycles. The maximum absolute atomic E-state index is 12.8. The monoisotopic (exact) mass is 293 g/mol. The molecule has 1 saturated heterocycles. The zero-order valence-electron chi connectivity index (χ0n) is 11.4. The number of ether oxygens (including phenoxy) is 1. The average molecular weight is 293 g/mol. The standard InChI is InChI=1S/C15H16FNO4/c16-10-1-3-11(4-2-10)21-12-5-8-17(9-12)13(18)15(6-7-15)14(19)20/h1-4,12H,5-9H2,(H,19,20). The van der Waals surface area contributed by atoms with Crippen molar-refractivity contribution in [3.8, 4) is 5.75 Å². The van der Waals surface area contributed by atoms with Crippen LogP contribution in [0, 0.1) is 11.2 Å². The van der Waals surface area contributed by atoms with Gasteiger partial charge < -0.3 is 14.7 Å². The number of amides is 1.